The van der Waals surface area contributed by atoms with Crippen molar-refractivity contribution in [2.45, 2.75) is 50.1 Å². The molecule has 5 aliphatic rings. The summed E-state index contributed by atoms with van der Waals surface area (Å²) in [5, 5.41) is 12.5. The topological polar surface area (TPSA) is 106 Å². The highest BCUT2D eigenvalue weighted by Gasteiger charge is 2.40. The monoisotopic (exact) mass is 743 g/mol. The van der Waals surface area contributed by atoms with E-state index < -0.39 is 6.04 Å². The van der Waals surface area contributed by atoms with Gasteiger partial charge in [-0.25, -0.2) is 4.39 Å². The van der Waals surface area contributed by atoms with Gasteiger partial charge in [0, 0.05) is 93.5 Å². The van der Waals surface area contributed by atoms with Gasteiger partial charge in [-0.2, -0.15) is 0 Å². The highest BCUT2D eigenvalue weighted by atomic mass is 19.1. The quantitative estimate of drug-likeness (QED) is 0.235. The van der Waals surface area contributed by atoms with Gasteiger partial charge in [0.2, 0.25) is 11.8 Å². The molecular weight excluding hydrogens is 698 g/mol. The van der Waals surface area contributed by atoms with E-state index in [2.05, 4.69) is 44.3 Å². The van der Waals surface area contributed by atoms with Gasteiger partial charge in [-0.15, -0.1) is 0 Å². The summed E-state index contributed by atoms with van der Waals surface area (Å²) >= 11 is 0. The molecule has 2 unspecified atom stereocenters. The Balaban J connectivity index is 0.795. The zero-order valence-corrected chi connectivity index (χ0v) is 30.8. The maximum absolute atomic E-state index is 16.1. The van der Waals surface area contributed by atoms with Gasteiger partial charge >= 0.3 is 0 Å². The first-order valence-electron chi connectivity index (χ1n) is 19.6. The van der Waals surface area contributed by atoms with Gasteiger partial charge < -0.3 is 24.5 Å². The Labute approximate surface area is 320 Å². The molecule has 55 heavy (non-hydrogen) atoms. The maximum Gasteiger partial charge on any atom is 0.255 e. The number of nitrogens with zero attached hydrogens (tertiary/aromatic N) is 4. The summed E-state index contributed by atoms with van der Waals surface area (Å²) in [6.07, 6.45) is 2.63. The summed E-state index contributed by atoms with van der Waals surface area (Å²) in [4.78, 5) is 45.9. The number of rotatable bonds is 7. The van der Waals surface area contributed by atoms with Crippen LogP contribution >= 0.6 is 0 Å². The van der Waals surface area contributed by atoms with Crippen LogP contribution in [0.2, 0.25) is 0 Å². The van der Waals surface area contributed by atoms with Gasteiger partial charge in [-0.1, -0.05) is 42.5 Å². The Hall–Kier alpha value is -5.42. The Morgan fingerprint density at radius 1 is 0.800 bits per heavy atom. The lowest BCUT2D eigenvalue weighted by Crippen LogP contribution is -2.52. The number of benzene rings is 4. The minimum absolute atomic E-state index is 0.0120. The molecule has 3 saturated heterocycles. The smallest absolute Gasteiger partial charge is 0.255 e. The van der Waals surface area contributed by atoms with E-state index in [4.69, 9.17) is 4.74 Å². The number of piperidine rings is 2. The van der Waals surface area contributed by atoms with E-state index in [0.29, 0.717) is 42.5 Å². The van der Waals surface area contributed by atoms with E-state index in [1.165, 1.54) is 0 Å². The molecule has 284 valence electrons. The number of phenolic OH excluding ortho intramolecular Hbond substituents is 1. The molecule has 5 heterocycles. The molecule has 5 aliphatic heterocycles. The lowest BCUT2D eigenvalue weighted by atomic mass is 9.76. The van der Waals surface area contributed by atoms with Crippen molar-refractivity contribution in [2.24, 2.45) is 5.92 Å². The second-order valence-corrected chi connectivity index (χ2v) is 15.7. The highest BCUT2D eigenvalue weighted by Crippen LogP contribution is 2.47. The molecule has 0 bridgehead atoms. The third kappa shape index (κ3) is 6.90. The van der Waals surface area contributed by atoms with Gasteiger partial charge in [-0.3, -0.25) is 24.6 Å². The van der Waals surface area contributed by atoms with E-state index in [1.807, 2.05) is 42.5 Å². The van der Waals surface area contributed by atoms with Crippen LogP contribution in [-0.4, -0.2) is 91.1 Å². The highest BCUT2D eigenvalue weighted by molar-refractivity contribution is 6.05. The molecule has 0 aliphatic carbocycles. The Morgan fingerprint density at radius 2 is 1.60 bits per heavy atom. The van der Waals surface area contributed by atoms with Crippen molar-refractivity contribution < 1.29 is 28.6 Å². The molecule has 3 atom stereocenters. The number of carbonyl (C=O) groups excluding carboxylic acids is 3. The number of anilines is 2. The number of phenols is 1. The van der Waals surface area contributed by atoms with Crippen molar-refractivity contribution in [3.05, 3.63) is 119 Å². The largest absolute Gasteiger partial charge is 0.508 e. The van der Waals surface area contributed by atoms with Crippen molar-refractivity contribution in [3.8, 4) is 11.5 Å². The van der Waals surface area contributed by atoms with Crippen LogP contribution in [-0.2, 0) is 16.1 Å². The molecule has 0 radical (unpaired) electrons. The van der Waals surface area contributed by atoms with Gasteiger partial charge in [0.05, 0.1) is 12.3 Å². The molecular formula is C44H46FN5O5. The number of aromatic hydroxyl groups is 1. The number of halogens is 1. The van der Waals surface area contributed by atoms with Crippen molar-refractivity contribution in [1.82, 2.24) is 15.1 Å². The third-order valence-electron chi connectivity index (χ3n) is 12.4. The summed E-state index contributed by atoms with van der Waals surface area (Å²) in [5.41, 5.74) is 6.31. The molecule has 10 nitrogen and oxygen atoms in total. The standard InChI is InChI=1S/C44H46FN5O5/c45-37-23-30(42-35-10-8-33(51)24-40(35)55-27-36(42)29-4-2-1-3-5-29)6-11-38(37)49-16-14-28(15-17-49)25-47-18-20-48(21-19-47)32-7-9-34-31(22-32)26-50(44(34)54)39-12-13-41(52)46-43(39)53/h1-11,22-24,28,36,39,42,51H,12-21,25-27H2,(H,46,52,53)/t36?,39?,42-/m1/s1. The number of hydrogen-bond acceptors (Lipinski definition) is 8. The number of hydrogen-bond donors (Lipinski definition) is 2. The van der Waals surface area contributed by atoms with E-state index in [-0.39, 0.29) is 47.5 Å². The molecule has 4 aromatic rings. The maximum atomic E-state index is 16.1. The molecule has 4 aromatic carbocycles. The van der Waals surface area contributed by atoms with Gasteiger partial charge in [0.15, 0.2) is 0 Å². The molecule has 2 N–H and O–H groups in total. The molecule has 0 aromatic heterocycles. The minimum atomic E-state index is -0.609. The number of ether oxygens (including phenoxy) is 1. The van der Waals surface area contributed by atoms with E-state index in [9.17, 15) is 19.5 Å². The van der Waals surface area contributed by atoms with Crippen molar-refractivity contribution in [1.29, 1.82) is 0 Å². The normalized spacial score (nSPS) is 23.3. The Morgan fingerprint density at radius 3 is 2.36 bits per heavy atom. The second kappa shape index (κ2) is 14.7. The van der Waals surface area contributed by atoms with Crippen LogP contribution in [0, 0.1) is 11.7 Å². The fourth-order valence-corrected chi connectivity index (χ4v) is 9.44. The predicted molar refractivity (Wildman–Crippen MR) is 207 cm³/mol. The van der Waals surface area contributed by atoms with E-state index in [0.717, 1.165) is 86.6 Å². The number of piperazine rings is 1. The predicted octanol–water partition coefficient (Wildman–Crippen LogP) is 5.64. The van der Waals surface area contributed by atoms with Crippen molar-refractivity contribution in [2.75, 3.05) is 62.2 Å². The minimum Gasteiger partial charge on any atom is -0.508 e. The molecule has 3 amide bonds. The molecule has 11 heteroatoms. The zero-order valence-electron chi connectivity index (χ0n) is 30.8. The lowest BCUT2D eigenvalue weighted by molar-refractivity contribution is -0.136. The van der Waals surface area contributed by atoms with Crippen LogP contribution in [0.5, 0.6) is 11.5 Å². The molecule has 0 spiro atoms. The summed E-state index contributed by atoms with van der Waals surface area (Å²) in [7, 11) is 0. The lowest BCUT2D eigenvalue weighted by Gasteiger charge is -2.40. The van der Waals surface area contributed by atoms with Crippen LogP contribution < -0.4 is 19.9 Å². The SMILES string of the molecule is O=C1CCC(N2Cc3cc(N4CCN(CC5CCN(c6ccc([C@@H]7c8ccc(O)cc8OCC7c7ccccc7)cc6F)CC5)CC4)ccc3C2=O)C(=O)N1. The van der Waals surface area contributed by atoms with Crippen molar-refractivity contribution in [3.63, 3.8) is 0 Å². The first-order valence-corrected chi connectivity index (χ1v) is 19.6. The van der Waals surface area contributed by atoms with Gasteiger partial charge in [-0.05, 0) is 78.3 Å². The van der Waals surface area contributed by atoms with Crippen LogP contribution in [0.1, 0.15) is 70.1 Å². The fourth-order valence-electron chi connectivity index (χ4n) is 9.44. The molecule has 3 fully saturated rings. The number of fused-ring (bicyclic) bond motifs is 2. The van der Waals surface area contributed by atoms with E-state index in [1.54, 1.807) is 23.1 Å². The van der Waals surface area contributed by atoms with Crippen LogP contribution in [0.25, 0.3) is 0 Å². The third-order valence-corrected chi connectivity index (χ3v) is 12.4. The first-order chi connectivity index (χ1) is 26.8. The van der Waals surface area contributed by atoms with E-state index >= 15 is 4.39 Å². The number of imide groups is 1. The van der Waals surface area contributed by atoms with Crippen molar-refractivity contribution >= 4 is 29.1 Å². The first kappa shape index (κ1) is 35.3. The number of amides is 3. The van der Waals surface area contributed by atoms with Gasteiger partial charge in [0.25, 0.3) is 5.91 Å². The van der Waals surface area contributed by atoms with Gasteiger partial charge in [0.1, 0.15) is 23.4 Å². The summed E-state index contributed by atoms with van der Waals surface area (Å²) in [6, 6.07) is 26.6. The van der Waals surface area contributed by atoms with Crippen LogP contribution in [0.3, 0.4) is 0 Å². The zero-order chi connectivity index (χ0) is 37.6. The summed E-state index contributed by atoms with van der Waals surface area (Å²) in [6.45, 7) is 7.18. The molecule has 9 rings (SSSR count). The number of nitrogens with one attached hydrogen (secondary N) is 1. The second-order valence-electron chi connectivity index (χ2n) is 15.7. The van der Waals surface area contributed by atoms with Crippen LogP contribution in [0.4, 0.5) is 15.8 Å². The Bertz CT molecular complexity index is 2110. The Kier molecular flexibility index (Phi) is 9.41. The van der Waals surface area contributed by atoms with Crippen LogP contribution in [0.15, 0.2) is 84.9 Å². The average molecular weight is 744 g/mol. The summed E-state index contributed by atoms with van der Waals surface area (Å²) < 4.78 is 22.2. The summed E-state index contributed by atoms with van der Waals surface area (Å²) in [5.74, 6) is 0.232. The number of carbonyl (C=O) groups is 3. The average Bonchev–Trinajstić information content (AvgIpc) is 3.53. The molecule has 0 saturated carbocycles. The fraction of sp³-hybridized carbons (Fsp3) is 0.386.